The summed E-state index contributed by atoms with van der Waals surface area (Å²) in [7, 11) is 0. The molecule has 156 valence electrons. The summed E-state index contributed by atoms with van der Waals surface area (Å²) < 4.78 is 5.95. The van der Waals surface area contributed by atoms with E-state index in [1.165, 1.54) is 4.90 Å². The highest BCUT2D eigenvalue weighted by atomic mass is 35.5. The Balaban J connectivity index is 1.79. The molecule has 0 aliphatic carbocycles. The second-order valence-electron chi connectivity index (χ2n) is 7.69. The fraction of sp³-hybridized carbons (Fsp3) is 0.333. The first kappa shape index (κ1) is 20.6. The molecule has 1 aliphatic rings. The van der Waals surface area contributed by atoms with Gasteiger partial charge >= 0.3 is 0 Å². The molecule has 1 aromatic heterocycles. The molecule has 4 rings (SSSR count). The fourth-order valence-electron chi connectivity index (χ4n) is 4.31. The Morgan fingerprint density at radius 3 is 2.50 bits per heavy atom. The summed E-state index contributed by atoms with van der Waals surface area (Å²) in [5.74, 6) is -0.0683. The van der Waals surface area contributed by atoms with Gasteiger partial charge < -0.3 is 14.2 Å². The first-order valence-electron chi connectivity index (χ1n) is 10.5. The van der Waals surface area contributed by atoms with Crippen molar-refractivity contribution < 1.29 is 14.1 Å². The third kappa shape index (κ3) is 3.64. The normalized spacial score (nSPS) is 15.9. The third-order valence-electron chi connectivity index (χ3n) is 5.97. The Bertz CT molecular complexity index is 1120. The summed E-state index contributed by atoms with van der Waals surface area (Å²) in [6.45, 7) is 8.00. The highest BCUT2D eigenvalue weighted by Crippen LogP contribution is 2.38. The van der Waals surface area contributed by atoms with E-state index in [4.69, 9.17) is 16.0 Å². The van der Waals surface area contributed by atoms with Gasteiger partial charge in [-0.05, 0) is 37.6 Å². The highest BCUT2D eigenvalue weighted by molar-refractivity contribution is 6.31. The van der Waals surface area contributed by atoms with E-state index in [0.717, 1.165) is 31.6 Å². The van der Waals surface area contributed by atoms with Crippen molar-refractivity contribution in [1.82, 2.24) is 4.90 Å². The molecular weight excluding hydrogens is 400 g/mol. The molecule has 1 amide bonds. The lowest BCUT2D eigenvalue weighted by Gasteiger charge is -2.26. The van der Waals surface area contributed by atoms with Gasteiger partial charge in [0.15, 0.2) is 5.43 Å². The number of halogens is 1. The molecule has 0 saturated heterocycles. The van der Waals surface area contributed by atoms with Crippen molar-refractivity contribution in [2.45, 2.75) is 26.3 Å². The SMILES string of the molecule is CC[NH+](CC)CCCN1C(=O)c2oc3ccc(Cl)cc3c(=O)c2C1c1ccccc1. The number of rotatable bonds is 7. The molecule has 0 fully saturated rings. The van der Waals surface area contributed by atoms with Crippen LogP contribution >= 0.6 is 11.6 Å². The average molecular weight is 426 g/mol. The maximum absolute atomic E-state index is 13.4. The molecule has 1 aliphatic heterocycles. The molecule has 1 N–H and O–H groups in total. The Labute approximate surface area is 180 Å². The van der Waals surface area contributed by atoms with Gasteiger partial charge in [0, 0.05) is 18.0 Å². The van der Waals surface area contributed by atoms with Gasteiger partial charge in [-0.3, -0.25) is 9.59 Å². The van der Waals surface area contributed by atoms with Crippen LogP contribution in [0.3, 0.4) is 0 Å². The van der Waals surface area contributed by atoms with E-state index in [-0.39, 0.29) is 17.1 Å². The lowest BCUT2D eigenvalue weighted by molar-refractivity contribution is -0.896. The van der Waals surface area contributed by atoms with E-state index in [2.05, 4.69) is 13.8 Å². The summed E-state index contributed by atoms with van der Waals surface area (Å²) in [6.07, 6.45) is 0.861. The highest BCUT2D eigenvalue weighted by Gasteiger charge is 2.42. The number of carbonyl (C=O) groups excluding carboxylic acids is 1. The molecule has 0 radical (unpaired) electrons. The zero-order valence-electron chi connectivity index (χ0n) is 17.3. The van der Waals surface area contributed by atoms with Crippen molar-refractivity contribution in [3.05, 3.63) is 80.7 Å². The third-order valence-corrected chi connectivity index (χ3v) is 6.21. The molecule has 0 spiro atoms. The van der Waals surface area contributed by atoms with E-state index in [1.807, 2.05) is 30.3 Å². The maximum atomic E-state index is 13.4. The minimum Gasteiger partial charge on any atom is -0.450 e. The zero-order chi connectivity index (χ0) is 21.3. The lowest BCUT2D eigenvalue weighted by atomic mass is 9.98. The molecule has 3 aromatic rings. The van der Waals surface area contributed by atoms with Gasteiger partial charge in [-0.25, -0.2) is 0 Å². The topological polar surface area (TPSA) is 55.0 Å². The molecule has 1 unspecified atom stereocenters. The van der Waals surface area contributed by atoms with Crippen LogP contribution in [0.2, 0.25) is 5.02 Å². The number of amides is 1. The van der Waals surface area contributed by atoms with Gasteiger partial charge in [0.1, 0.15) is 5.58 Å². The van der Waals surface area contributed by atoms with E-state index in [9.17, 15) is 9.59 Å². The van der Waals surface area contributed by atoms with Crippen molar-refractivity contribution in [3.8, 4) is 0 Å². The quantitative estimate of drug-likeness (QED) is 0.631. The first-order valence-corrected chi connectivity index (χ1v) is 10.9. The van der Waals surface area contributed by atoms with Crippen LogP contribution in [0.15, 0.2) is 57.7 Å². The first-order chi connectivity index (χ1) is 14.5. The van der Waals surface area contributed by atoms with Crippen molar-refractivity contribution in [3.63, 3.8) is 0 Å². The van der Waals surface area contributed by atoms with Crippen LogP contribution in [0.25, 0.3) is 11.0 Å². The van der Waals surface area contributed by atoms with Crippen LogP contribution in [-0.2, 0) is 0 Å². The van der Waals surface area contributed by atoms with Gasteiger partial charge in [-0.15, -0.1) is 0 Å². The number of hydrogen-bond donors (Lipinski definition) is 1. The molecule has 6 heteroatoms. The van der Waals surface area contributed by atoms with E-state index in [0.29, 0.717) is 28.1 Å². The summed E-state index contributed by atoms with van der Waals surface area (Å²) in [5, 5.41) is 0.874. The molecule has 5 nitrogen and oxygen atoms in total. The number of fused-ring (bicyclic) bond motifs is 2. The predicted octanol–water partition coefficient (Wildman–Crippen LogP) is 3.31. The number of quaternary nitrogens is 1. The minimum atomic E-state index is -0.444. The second kappa shape index (κ2) is 8.62. The Kier molecular flexibility index (Phi) is 5.93. The number of nitrogens with one attached hydrogen (secondary N) is 1. The summed E-state index contributed by atoms with van der Waals surface area (Å²) in [4.78, 5) is 30.0. The van der Waals surface area contributed by atoms with Crippen molar-refractivity contribution in [1.29, 1.82) is 0 Å². The molecule has 0 bridgehead atoms. The van der Waals surface area contributed by atoms with Gasteiger partial charge in [-0.2, -0.15) is 0 Å². The molecule has 2 heterocycles. The Hall–Kier alpha value is -2.63. The summed E-state index contributed by atoms with van der Waals surface area (Å²) in [5.41, 5.74) is 1.52. The number of carbonyl (C=O) groups is 1. The van der Waals surface area contributed by atoms with Crippen molar-refractivity contribution in [2.75, 3.05) is 26.2 Å². The van der Waals surface area contributed by atoms with Gasteiger partial charge in [-0.1, -0.05) is 41.9 Å². The van der Waals surface area contributed by atoms with Crippen LogP contribution in [0.4, 0.5) is 0 Å². The monoisotopic (exact) mass is 425 g/mol. The van der Waals surface area contributed by atoms with Gasteiger partial charge in [0.05, 0.1) is 36.6 Å². The fourth-order valence-corrected chi connectivity index (χ4v) is 4.48. The van der Waals surface area contributed by atoms with E-state index >= 15 is 0 Å². The molecule has 1 atom stereocenters. The maximum Gasteiger partial charge on any atom is 0.290 e. The average Bonchev–Trinajstić information content (AvgIpc) is 3.04. The number of benzene rings is 2. The minimum absolute atomic E-state index is 0.152. The van der Waals surface area contributed by atoms with Gasteiger partial charge in [0.25, 0.3) is 5.91 Å². The predicted molar refractivity (Wildman–Crippen MR) is 118 cm³/mol. The lowest BCUT2D eigenvalue weighted by Crippen LogP contribution is -3.11. The van der Waals surface area contributed by atoms with Crippen LogP contribution in [-0.4, -0.2) is 37.0 Å². The van der Waals surface area contributed by atoms with Crippen molar-refractivity contribution >= 4 is 28.5 Å². The Morgan fingerprint density at radius 1 is 1.07 bits per heavy atom. The van der Waals surface area contributed by atoms with Crippen LogP contribution in [0, 0.1) is 0 Å². The Morgan fingerprint density at radius 2 is 1.80 bits per heavy atom. The number of hydrogen-bond acceptors (Lipinski definition) is 3. The second-order valence-corrected chi connectivity index (χ2v) is 8.12. The summed E-state index contributed by atoms with van der Waals surface area (Å²) >= 11 is 6.12. The van der Waals surface area contributed by atoms with E-state index in [1.54, 1.807) is 23.1 Å². The largest absolute Gasteiger partial charge is 0.450 e. The smallest absolute Gasteiger partial charge is 0.290 e. The van der Waals surface area contributed by atoms with Crippen LogP contribution in [0.5, 0.6) is 0 Å². The number of nitrogens with zero attached hydrogens (tertiary/aromatic N) is 1. The standard InChI is InChI=1S/C24H25ClN2O3/c1-3-26(4-2)13-8-14-27-21(16-9-6-5-7-10-16)20-22(28)18-15-17(25)11-12-19(18)30-23(20)24(27)29/h5-7,9-12,15,21H,3-4,8,13-14H2,1-2H3/p+1. The van der Waals surface area contributed by atoms with E-state index < -0.39 is 6.04 Å². The van der Waals surface area contributed by atoms with Crippen LogP contribution in [0.1, 0.15) is 48.0 Å². The zero-order valence-corrected chi connectivity index (χ0v) is 18.0. The molecular formula is C24H26ClN2O3+. The van der Waals surface area contributed by atoms with Crippen LogP contribution < -0.4 is 10.3 Å². The summed E-state index contributed by atoms with van der Waals surface area (Å²) in [6, 6.07) is 14.2. The van der Waals surface area contributed by atoms with Gasteiger partial charge in [0.2, 0.25) is 5.76 Å². The molecule has 2 aromatic carbocycles. The molecule has 0 saturated carbocycles. The molecule has 30 heavy (non-hydrogen) atoms. The van der Waals surface area contributed by atoms with Crippen molar-refractivity contribution in [2.24, 2.45) is 0 Å².